The van der Waals surface area contributed by atoms with Crippen molar-refractivity contribution in [2.75, 3.05) is 6.61 Å². The standard InChI is InChI=1S/C31H32N2O3/c1-2-36-29(35)20-19-24-12-9-11-23(21-24)13-10-18-27-22-28(34)32-33-31(27)30(25-14-5-3-6-15-25)26-16-7-4-8-17-26/h3-9,11-12,14-17,21-22,30H,2,10,13,18-20H2,1H3,(H,32,34). The number of rotatable bonds is 11. The molecule has 0 unspecified atom stereocenters. The van der Waals surface area contributed by atoms with Crippen LogP contribution in [0.4, 0.5) is 0 Å². The summed E-state index contributed by atoms with van der Waals surface area (Å²) in [6, 6.07) is 30.6. The maximum atomic E-state index is 12.2. The summed E-state index contributed by atoms with van der Waals surface area (Å²) in [5, 5.41) is 7.21. The summed E-state index contributed by atoms with van der Waals surface area (Å²) in [5.41, 5.74) is 6.29. The summed E-state index contributed by atoms with van der Waals surface area (Å²) < 4.78 is 5.04. The molecule has 0 saturated heterocycles. The second kappa shape index (κ2) is 12.6. The quantitative estimate of drug-likeness (QED) is 0.283. The number of ether oxygens (including phenoxy) is 1. The number of H-pyrrole nitrogens is 1. The Labute approximate surface area is 212 Å². The molecule has 36 heavy (non-hydrogen) atoms. The van der Waals surface area contributed by atoms with E-state index in [-0.39, 0.29) is 17.4 Å². The van der Waals surface area contributed by atoms with Gasteiger partial charge >= 0.3 is 5.97 Å². The Morgan fingerprint density at radius 3 is 2.11 bits per heavy atom. The van der Waals surface area contributed by atoms with Gasteiger partial charge in [-0.1, -0.05) is 84.9 Å². The summed E-state index contributed by atoms with van der Waals surface area (Å²) >= 11 is 0. The molecule has 0 amide bonds. The van der Waals surface area contributed by atoms with E-state index in [9.17, 15) is 9.59 Å². The molecule has 4 aromatic rings. The minimum Gasteiger partial charge on any atom is -0.466 e. The number of esters is 1. The first-order chi connectivity index (χ1) is 17.6. The van der Waals surface area contributed by atoms with Gasteiger partial charge in [-0.25, -0.2) is 5.10 Å². The maximum absolute atomic E-state index is 12.2. The van der Waals surface area contributed by atoms with Gasteiger partial charge in [0.25, 0.3) is 5.56 Å². The lowest BCUT2D eigenvalue weighted by Gasteiger charge is -2.20. The van der Waals surface area contributed by atoms with Gasteiger partial charge in [0, 0.05) is 12.5 Å². The van der Waals surface area contributed by atoms with Crippen molar-refractivity contribution in [2.45, 2.75) is 44.9 Å². The zero-order valence-electron chi connectivity index (χ0n) is 20.7. The maximum Gasteiger partial charge on any atom is 0.306 e. The average Bonchev–Trinajstić information content (AvgIpc) is 2.91. The van der Waals surface area contributed by atoms with Crippen LogP contribution in [0.15, 0.2) is 95.8 Å². The van der Waals surface area contributed by atoms with Crippen molar-refractivity contribution in [3.8, 4) is 0 Å². The molecular weight excluding hydrogens is 448 g/mol. The number of carbonyl (C=O) groups is 1. The number of aromatic amines is 1. The lowest BCUT2D eigenvalue weighted by atomic mass is 9.85. The molecule has 0 fully saturated rings. The molecule has 0 saturated carbocycles. The molecular formula is C31H32N2O3. The number of nitrogens with zero attached hydrogens (tertiary/aromatic N) is 1. The minimum absolute atomic E-state index is 0.0644. The Kier molecular flexibility index (Phi) is 8.82. The van der Waals surface area contributed by atoms with Crippen LogP contribution in [-0.4, -0.2) is 22.8 Å². The predicted octanol–water partition coefficient (Wildman–Crippen LogP) is 5.62. The van der Waals surface area contributed by atoms with Gasteiger partial charge in [-0.2, -0.15) is 5.10 Å². The van der Waals surface area contributed by atoms with Crippen molar-refractivity contribution >= 4 is 5.97 Å². The van der Waals surface area contributed by atoms with Crippen LogP contribution in [-0.2, 0) is 28.8 Å². The first-order valence-corrected chi connectivity index (χ1v) is 12.6. The van der Waals surface area contributed by atoms with E-state index in [2.05, 4.69) is 46.6 Å². The molecule has 1 aromatic heterocycles. The van der Waals surface area contributed by atoms with E-state index in [1.165, 1.54) is 5.56 Å². The molecule has 0 spiro atoms. The monoisotopic (exact) mass is 480 g/mol. The molecule has 5 nitrogen and oxygen atoms in total. The third-order valence-electron chi connectivity index (χ3n) is 6.29. The van der Waals surface area contributed by atoms with Crippen molar-refractivity contribution < 1.29 is 9.53 Å². The van der Waals surface area contributed by atoms with Gasteiger partial charge in [-0.15, -0.1) is 0 Å². The number of hydrogen-bond donors (Lipinski definition) is 1. The smallest absolute Gasteiger partial charge is 0.306 e. The van der Waals surface area contributed by atoms with Crippen LogP contribution in [0.25, 0.3) is 0 Å². The molecule has 184 valence electrons. The lowest BCUT2D eigenvalue weighted by molar-refractivity contribution is -0.143. The second-order valence-electron chi connectivity index (χ2n) is 8.88. The molecule has 0 radical (unpaired) electrons. The molecule has 0 aliphatic carbocycles. The fourth-order valence-electron chi connectivity index (χ4n) is 4.60. The second-order valence-corrected chi connectivity index (χ2v) is 8.88. The largest absolute Gasteiger partial charge is 0.466 e. The summed E-state index contributed by atoms with van der Waals surface area (Å²) in [7, 11) is 0. The molecule has 1 N–H and O–H groups in total. The van der Waals surface area contributed by atoms with E-state index in [0.29, 0.717) is 19.4 Å². The molecule has 1 heterocycles. The van der Waals surface area contributed by atoms with Crippen LogP contribution in [0.3, 0.4) is 0 Å². The Morgan fingerprint density at radius 1 is 0.833 bits per heavy atom. The van der Waals surface area contributed by atoms with Gasteiger partial charge in [0.2, 0.25) is 0 Å². The van der Waals surface area contributed by atoms with Gasteiger partial charge < -0.3 is 4.74 Å². The van der Waals surface area contributed by atoms with Crippen LogP contribution in [0.1, 0.15) is 59.2 Å². The summed E-state index contributed by atoms with van der Waals surface area (Å²) in [5.74, 6) is -0.228. The van der Waals surface area contributed by atoms with Gasteiger partial charge in [-0.05, 0) is 60.4 Å². The highest BCUT2D eigenvalue weighted by molar-refractivity contribution is 5.69. The van der Waals surface area contributed by atoms with Crippen molar-refractivity contribution in [3.63, 3.8) is 0 Å². The number of nitrogens with one attached hydrogen (secondary N) is 1. The number of carbonyl (C=O) groups excluding carboxylic acids is 1. The van der Waals surface area contributed by atoms with E-state index in [1.54, 1.807) is 6.07 Å². The van der Waals surface area contributed by atoms with Gasteiger partial charge in [0.15, 0.2) is 0 Å². The first kappa shape index (κ1) is 25.1. The summed E-state index contributed by atoms with van der Waals surface area (Å²) in [6.45, 7) is 2.23. The number of benzene rings is 3. The Bertz CT molecular complexity index is 1280. The number of aromatic nitrogens is 2. The number of aryl methyl sites for hydroxylation is 3. The van der Waals surface area contributed by atoms with E-state index in [4.69, 9.17) is 4.74 Å². The van der Waals surface area contributed by atoms with E-state index in [1.807, 2.05) is 55.5 Å². The third-order valence-corrected chi connectivity index (χ3v) is 6.29. The molecule has 0 bridgehead atoms. The van der Waals surface area contributed by atoms with Crippen molar-refractivity contribution in [1.29, 1.82) is 0 Å². The zero-order chi connectivity index (χ0) is 25.2. The minimum atomic E-state index is -0.186. The van der Waals surface area contributed by atoms with Crippen LogP contribution in [0, 0.1) is 0 Å². The van der Waals surface area contributed by atoms with Crippen LogP contribution >= 0.6 is 0 Å². The fraction of sp³-hybridized carbons (Fsp3) is 0.258. The Balaban J connectivity index is 1.51. The zero-order valence-corrected chi connectivity index (χ0v) is 20.7. The molecule has 0 aliphatic heterocycles. The van der Waals surface area contributed by atoms with Gasteiger partial charge in [0.1, 0.15) is 0 Å². The summed E-state index contributed by atoms with van der Waals surface area (Å²) in [6.07, 6.45) is 3.57. The molecule has 0 aliphatic rings. The van der Waals surface area contributed by atoms with E-state index in [0.717, 1.165) is 47.2 Å². The highest BCUT2D eigenvalue weighted by atomic mass is 16.5. The van der Waals surface area contributed by atoms with Crippen LogP contribution in [0.2, 0.25) is 0 Å². The first-order valence-electron chi connectivity index (χ1n) is 12.6. The van der Waals surface area contributed by atoms with E-state index >= 15 is 0 Å². The fourth-order valence-corrected chi connectivity index (χ4v) is 4.60. The third kappa shape index (κ3) is 6.79. The highest BCUT2D eigenvalue weighted by Crippen LogP contribution is 2.32. The summed E-state index contributed by atoms with van der Waals surface area (Å²) in [4.78, 5) is 23.9. The predicted molar refractivity (Wildman–Crippen MR) is 142 cm³/mol. The Morgan fingerprint density at radius 2 is 1.47 bits per heavy atom. The number of hydrogen-bond acceptors (Lipinski definition) is 4. The van der Waals surface area contributed by atoms with E-state index < -0.39 is 0 Å². The Hall–Kier alpha value is -3.99. The lowest BCUT2D eigenvalue weighted by Crippen LogP contribution is -2.17. The molecule has 4 rings (SSSR count). The normalized spacial score (nSPS) is 10.9. The average molecular weight is 481 g/mol. The molecule has 5 heteroatoms. The van der Waals surface area contributed by atoms with Crippen molar-refractivity contribution in [3.05, 3.63) is 135 Å². The van der Waals surface area contributed by atoms with Crippen LogP contribution in [0.5, 0.6) is 0 Å². The van der Waals surface area contributed by atoms with Crippen molar-refractivity contribution in [1.82, 2.24) is 10.2 Å². The van der Waals surface area contributed by atoms with Crippen LogP contribution < -0.4 is 5.56 Å². The van der Waals surface area contributed by atoms with Gasteiger partial charge in [0.05, 0.1) is 18.2 Å². The molecule has 0 atom stereocenters. The highest BCUT2D eigenvalue weighted by Gasteiger charge is 2.21. The van der Waals surface area contributed by atoms with Crippen molar-refractivity contribution in [2.24, 2.45) is 0 Å². The topological polar surface area (TPSA) is 72.1 Å². The SMILES string of the molecule is CCOC(=O)CCc1cccc(CCCc2cc(=O)[nH]nc2C(c2ccccc2)c2ccccc2)c1. The molecule has 3 aromatic carbocycles. The van der Waals surface area contributed by atoms with Gasteiger partial charge in [-0.3, -0.25) is 9.59 Å².